The summed E-state index contributed by atoms with van der Waals surface area (Å²) in [5.74, 6) is 0.0697. The molecule has 4 heteroatoms. The van der Waals surface area contributed by atoms with Gasteiger partial charge in [0.1, 0.15) is 0 Å². The minimum atomic E-state index is -0.614. The number of rotatable bonds is 2. The molecule has 4 unspecified atom stereocenters. The zero-order valence-corrected chi connectivity index (χ0v) is 8.19. The summed E-state index contributed by atoms with van der Waals surface area (Å²) < 4.78 is 0. The van der Waals surface area contributed by atoms with Gasteiger partial charge in [-0.2, -0.15) is 0 Å². The number of aliphatic hydroxyl groups is 2. The molecule has 0 amide bonds. The first-order chi connectivity index (χ1) is 6.72. The Morgan fingerprint density at radius 1 is 1.43 bits per heavy atom. The summed E-state index contributed by atoms with van der Waals surface area (Å²) in [6, 6.07) is 0.301. The predicted octanol–water partition coefficient (Wildman–Crippen LogP) is -0.677. The summed E-state index contributed by atoms with van der Waals surface area (Å²) in [6.07, 6.45) is 3.29. The van der Waals surface area contributed by atoms with Crippen molar-refractivity contribution in [1.82, 2.24) is 5.32 Å². The fraction of sp³-hybridized carbons (Fsp3) is 0.800. The summed E-state index contributed by atoms with van der Waals surface area (Å²) in [5.41, 5.74) is 6.59. The van der Waals surface area contributed by atoms with E-state index >= 15 is 0 Å². The number of hydrogen-bond acceptors (Lipinski definition) is 4. The van der Waals surface area contributed by atoms with Gasteiger partial charge in [-0.05, 0) is 25.8 Å². The van der Waals surface area contributed by atoms with Crippen LogP contribution < -0.4 is 11.1 Å². The van der Waals surface area contributed by atoms with Crippen molar-refractivity contribution in [2.24, 2.45) is 11.7 Å². The molecule has 0 spiro atoms. The standard InChI is InChI=1S/C10H18N2O2/c11-4-3-6-5-7-8(12-6)1-2-9(13)10(7)14/h5,7-10,12-14H,1-4,11H2. The van der Waals surface area contributed by atoms with Gasteiger partial charge in [-0.1, -0.05) is 6.08 Å². The summed E-state index contributed by atoms with van der Waals surface area (Å²) in [7, 11) is 0. The Hall–Kier alpha value is -0.580. The van der Waals surface area contributed by atoms with Gasteiger partial charge in [-0.15, -0.1) is 0 Å². The van der Waals surface area contributed by atoms with Gasteiger partial charge >= 0.3 is 0 Å². The van der Waals surface area contributed by atoms with Crippen LogP contribution in [0.2, 0.25) is 0 Å². The van der Waals surface area contributed by atoms with E-state index in [-0.39, 0.29) is 5.92 Å². The smallest absolute Gasteiger partial charge is 0.0881 e. The highest BCUT2D eigenvalue weighted by Crippen LogP contribution is 2.32. The summed E-state index contributed by atoms with van der Waals surface area (Å²) in [4.78, 5) is 0. The molecule has 14 heavy (non-hydrogen) atoms. The van der Waals surface area contributed by atoms with E-state index in [4.69, 9.17) is 5.73 Å². The van der Waals surface area contributed by atoms with Crippen molar-refractivity contribution >= 4 is 0 Å². The Labute approximate surface area is 83.8 Å². The van der Waals surface area contributed by atoms with Crippen LogP contribution in [-0.2, 0) is 0 Å². The Kier molecular flexibility index (Phi) is 2.76. The van der Waals surface area contributed by atoms with Crippen LogP contribution in [0.3, 0.4) is 0 Å². The number of aliphatic hydroxyl groups excluding tert-OH is 2. The predicted molar refractivity (Wildman–Crippen MR) is 53.4 cm³/mol. The minimum absolute atomic E-state index is 0.0697. The first-order valence-corrected chi connectivity index (χ1v) is 5.26. The van der Waals surface area contributed by atoms with E-state index in [1.165, 1.54) is 0 Å². The van der Waals surface area contributed by atoms with Crippen LogP contribution in [0.1, 0.15) is 19.3 Å². The maximum Gasteiger partial charge on any atom is 0.0881 e. The quantitative estimate of drug-likeness (QED) is 0.474. The highest BCUT2D eigenvalue weighted by atomic mass is 16.3. The van der Waals surface area contributed by atoms with Crippen molar-refractivity contribution in [2.45, 2.75) is 37.5 Å². The lowest BCUT2D eigenvalue weighted by molar-refractivity contribution is -0.0379. The van der Waals surface area contributed by atoms with Crippen molar-refractivity contribution in [3.8, 4) is 0 Å². The van der Waals surface area contributed by atoms with Crippen LogP contribution in [0.4, 0.5) is 0 Å². The maximum absolute atomic E-state index is 9.77. The van der Waals surface area contributed by atoms with Gasteiger partial charge in [0.25, 0.3) is 0 Å². The molecule has 0 bridgehead atoms. The van der Waals surface area contributed by atoms with E-state index in [2.05, 4.69) is 5.32 Å². The topological polar surface area (TPSA) is 78.5 Å². The molecule has 2 aliphatic rings. The second kappa shape index (κ2) is 3.88. The number of nitrogens with two attached hydrogens (primary N) is 1. The highest BCUT2D eigenvalue weighted by Gasteiger charge is 2.39. The molecule has 0 aromatic rings. The zero-order chi connectivity index (χ0) is 10.1. The molecule has 1 heterocycles. The van der Waals surface area contributed by atoms with E-state index in [1.807, 2.05) is 6.08 Å². The van der Waals surface area contributed by atoms with Crippen molar-refractivity contribution in [1.29, 1.82) is 0 Å². The molecule has 80 valence electrons. The fourth-order valence-corrected chi connectivity index (χ4v) is 2.42. The van der Waals surface area contributed by atoms with Gasteiger partial charge in [0.2, 0.25) is 0 Å². The molecule has 0 aromatic heterocycles. The van der Waals surface area contributed by atoms with E-state index in [0.717, 1.165) is 18.5 Å². The van der Waals surface area contributed by atoms with Crippen LogP contribution >= 0.6 is 0 Å². The minimum Gasteiger partial charge on any atom is -0.390 e. The molecule has 0 aromatic carbocycles. The fourth-order valence-electron chi connectivity index (χ4n) is 2.42. The van der Waals surface area contributed by atoms with Crippen LogP contribution in [-0.4, -0.2) is 35.0 Å². The number of fused-ring (bicyclic) bond motifs is 1. The molecule has 1 aliphatic heterocycles. The van der Waals surface area contributed by atoms with Crippen molar-refractivity contribution in [3.05, 3.63) is 11.8 Å². The van der Waals surface area contributed by atoms with Crippen molar-refractivity contribution in [3.63, 3.8) is 0 Å². The number of nitrogens with one attached hydrogen (secondary N) is 1. The SMILES string of the molecule is NCCC1=CC2C(CCC(O)C2O)N1. The molecular weight excluding hydrogens is 180 g/mol. The average Bonchev–Trinajstić information content (AvgIpc) is 2.56. The largest absolute Gasteiger partial charge is 0.390 e. The molecule has 0 radical (unpaired) electrons. The molecule has 2 rings (SSSR count). The normalized spacial score (nSPS) is 41.5. The molecular formula is C10H18N2O2. The third-order valence-electron chi connectivity index (χ3n) is 3.20. The molecule has 1 saturated carbocycles. The molecule has 4 atom stereocenters. The van der Waals surface area contributed by atoms with E-state index < -0.39 is 12.2 Å². The molecule has 4 nitrogen and oxygen atoms in total. The lowest BCUT2D eigenvalue weighted by Gasteiger charge is -2.33. The Morgan fingerprint density at radius 2 is 2.21 bits per heavy atom. The van der Waals surface area contributed by atoms with Gasteiger partial charge in [0.15, 0.2) is 0 Å². The lowest BCUT2D eigenvalue weighted by Crippen LogP contribution is -2.46. The third kappa shape index (κ3) is 1.65. The van der Waals surface area contributed by atoms with Crippen LogP contribution in [0, 0.1) is 5.92 Å². The van der Waals surface area contributed by atoms with Gasteiger partial charge in [0, 0.05) is 17.7 Å². The van der Waals surface area contributed by atoms with Gasteiger partial charge in [-0.3, -0.25) is 0 Å². The number of hydrogen-bond donors (Lipinski definition) is 4. The first-order valence-electron chi connectivity index (χ1n) is 5.26. The molecule has 0 saturated heterocycles. The Morgan fingerprint density at radius 3 is 2.93 bits per heavy atom. The zero-order valence-electron chi connectivity index (χ0n) is 8.19. The average molecular weight is 198 g/mol. The maximum atomic E-state index is 9.77. The van der Waals surface area contributed by atoms with Crippen LogP contribution in [0.5, 0.6) is 0 Å². The van der Waals surface area contributed by atoms with E-state index in [0.29, 0.717) is 19.0 Å². The van der Waals surface area contributed by atoms with E-state index in [1.54, 1.807) is 0 Å². The van der Waals surface area contributed by atoms with Gasteiger partial charge in [-0.25, -0.2) is 0 Å². The monoisotopic (exact) mass is 198 g/mol. The first kappa shape index (κ1) is 9.96. The summed E-state index contributed by atoms with van der Waals surface area (Å²) in [5, 5.41) is 22.6. The lowest BCUT2D eigenvalue weighted by atomic mass is 9.82. The van der Waals surface area contributed by atoms with E-state index in [9.17, 15) is 10.2 Å². The summed E-state index contributed by atoms with van der Waals surface area (Å²) in [6.45, 7) is 0.622. The molecule has 5 N–H and O–H groups in total. The van der Waals surface area contributed by atoms with Crippen molar-refractivity contribution in [2.75, 3.05) is 6.54 Å². The second-order valence-corrected chi connectivity index (χ2v) is 4.19. The Bertz CT molecular complexity index is 242. The van der Waals surface area contributed by atoms with Gasteiger partial charge < -0.3 is 21.3 Å². The second-order valence-electron chi connectivity index (χ2n) is 4.19. The van der Waals surface area contributed by atoms with Crippen LogP contribution in [0.25, 0.3) is 0 Å². The highest BCUT2D eigenvalue weighted by molar-refractivity contribution is 5.17. The Balaban J connectivity index is 2.05. The molecule has 1 fully saturated rings. The van der Waals surface area contributed by atoms with Crippen molar-refractivity contribution < 1.29 is 10.2 Å². The third-order valence-corrected chi connectivity index (χ3v) is 3.20. The molecule has 1 aliphatic carbocycles. The summed E-state index contributed by atoms with van der Waals surface area (Å²) >= 11 is 0. The van der Waals surface area contributed by atoms with Gasteiger partial charge in [0.05, 0.1) is 12.2 Å². The van der Waals surface area contributed by atoms with Crippen LogP contribution in [0.15, 0.2) is 11.8 Å².